The molecule has 3 rings (SSSR count). The van der Waals surface area contributed by atoms with Crippen LogP contribution < -0.4 is 11.1 Å². The molecule has 0 unspecified atom stereocenters. The molecule has 26 heavy (non-hydrogen) atoms. The monoisotopic (exact) mass is 350 g/mol. The predicted octanol–water partition coefficient (Wildman–Crippen LogP) is 1.60. The number of rotatable bonds is 4. The lowest BCUT2D eigenvalue weighted by atomic mass is 10.1. The molecule has 8 nitrogen and oxygen atoms in total. The maximum absolute atomic E-state index is 12.3. The summed E-state index contributed by atoms with van der Waals surface area (Å²) >= 11 is 0. The molecule has 2 amide bonds. The van der Waals surface area contributed by atoms with Gasteiger partial charge < -0.3 is 20.2 Å². The first-order valence-corrected chi connectivity index (χ1v) is 7.60. The maximum atomic E-state index is 12.3. The molecule has 0 aliphatic rings. The van der Waals surface area contributed by atoms with E-state index in [1.807, 2.05) is 0 Å². The predicted molar refractivity (Wildman–Crippen MR) is 91.8 cm³/mol. The fourth-order valence-electron chi connectivity index (χ4n) is 2.17. The van der Waals surface area contributed by atoms with Crippen molar-refractivity contribution in [1.29, 1.82) is 0 Å². The van der Waals surface area contributed by atoms with Gasteiger partial charge in [0.25, 0.3) is 5.91 Å². The largest absolute Gasteiger partial charge is 0.467 e. The molecule has 0 aliphatic heterocycles. The molecule has 3 heterocycles. The van der Waals surface area contributed by atoms with E-state index in [-0.39, 0.29) is 24.8 Å². The van der Waals surface area contributed by atoms with Crippen molar-refractivity contribution < 1.29 is 18.7 Å². The molecule has 8 heteroatoms. The van der Waals surface area contributed by atoms with Gasteiger partial charge in [-0.05, 0) is 24.3 Å². The molecule has 0 spiro atoms. The summed E-state index contributed by atoms with van der Waals surface area (Å²) in [5, 5.41) is 3.46. The molecule has 0 fully saturated rings. The number of nitrogens with zero attached hydrogens (tertiary/aromatic N) is 2. The lowest BCUT2D eigenvalue weighted by molar-refractivity contribution is 0.0943. The summed E-state index contributed by atoms with van der Waals surface area (Å²) in [4.78, 5) is 31.3. The van der Waals surface area contributed by atoms with Gasteiger partial charge in [0.2, 0.25) is 0 Å². The van der Waals surface area contributed by atoms with Crippen molar-refractivity contribution >= 4 is 22.9 Å². The molecule has 0 aliphatic carbocycles. The van der Waals surface area contributed by atoms with Crippen LogP contribution in [-0.4, -0.2) is 28.6 Å². The fraction of sp³-hybridized carbons (Fsp3) is 0.111. The SMILES string of the molecule is NC(=O)OCC#Cc1cncc2ccc(C(=O)NCc3ccco3)nc12. The lowest BCUT2D eigenvalue weighted by Gasteiger charge is -2.05. The number of carbonyl (C=O) groups is 2. The number of pyridine rings is 2. The highest BCUT2D eigenvalue weighted by Crippen LogP contribution is 2.15. The molecular weight excluding hydrogens is 336 g/mol. The number of carbonyl (C=O) groups excluding carboxylic acids is 2. The average Bonchev–Trinajstić information content (AvgIpc) is 3.16. The topological polar surface area (TPSA) is 120 Å². The minimum Gasteiger partial charge on any atom is -0.467 e. The van der Waals surface area contributed by atoms with Gasteiger partial charge in [-0.1, -0.05) is 11.8 Å². The van der Waals surface area contributed by atoms with Crippen molar-refractivity contribution in [3.8, 4) is 11.8 Å². The van der Waals surface area contributed by atoms with E-state index in [2.05, 4.69) is 31.9 Å². The summed E-state index contributed by atoms with van der Waals surface area (Å²) in [6, 6.07) is 6.86. The third-order valence-electron chi connectivity index (χ3n) is 3.34. The van der Waals surface area contributed by atoms with Gasteiger partial charge in [0.05, 0.1) is 23.9 Å². The number of amides is 2. The highest BCUT2D eigenvalue weighted by atomic mass is 16.5. The van der Waals surface area contributed by atoms with E-state index in [0.717, 1.165) is 5.39 Å². The van der Waals surface area contributed by atoms with Crippen LogP contribution in [0.5, 0.6) is 0 Å². The van der Waals surface area contributed by atoms with Crippen molar-refractivity contribution in [1.82, 2.24) is 15.3 Å². The second-order valence-electron chi connectivity index (χ2n) is 5.13. The second-order valence-corrected chi connectivity index (χ2v) is 5.13. The van der Waals surface area contributed by atoms with Crippen LogP contribution in [0.4, 0.5) is 4.79 Å². The summed E-state index contributed by atoms with van der Waals surface area (Å²) in [5.74, 6) is 5.77. The number of nitrogens with one attached hydrogen (secondary N) is 1. The summed E-state index contributed by atoms with van der Waals surface area (Å²) in [5.41, 5.74) is 6.15. The van der Waals surface area contributed by atoms with Crippen molar-refractivity contribution in [2.75, 3.05) is 6.61 Å². The zero-order chi connectivity index (χ0) is 18.4. The number of fused-ring (bicyclic) bond motifs is 1. The lowest BCUT2D eigenvalue weighted by Crippen LogP contribution is -2.23. The number of ether oxygens (including phenoxy) is 1. The van der Waals surface area contributed by atoms with E-state index in [0.29, 0.717) is 16.8 Å². The summed E-state index contributed by atoms with van der Waals surface area (Å²) in [7, 11) is 0. The Labute approximate surface area is 148 Å². The van der Waals surface area contributed by atoms with Crippen molar-refractivity contribution in [2.24, 2.45) is 5.73 Å². The van der Waals surface area contributed by atoms with Gasteiger partial charge in [0, 0.05) is 17.8 Å². The third-order valence-corrected chi connectivity index (χ3v) is 3.34. The van der Waals surface area contributed by atoms with Crippen LogP contribution in [-0.2, 0) is 11.3 Å². The summed E-state index contributed by atoms with van der Waals surface area (Å²) in [6.07, 6.45) is 3.79. The van der Waals surface area contributed by atoms with Gasteiger partial charge in [-0.25, -0.2) is 9.78 Å². The Balaban J connectivity index is 1.80. The standard InChI is InChI=1S/C18H14N4O4/c19-18(24)26-8-1-3-12-9-20-10-13-5-6-15(22-16(12)13)17(23)21-11-14-4-2-7-25-14/h2,4-7,9-10H,8,11H2,(H2,19,24)(H,21,23). The zero-order valence-corrected chi connectivity index (χ0v) is 13.6. The van der Waals surface area contributed by atoms with E-state index in [1.54, 1.807) is 30.5 Å². The Hall–Kier alpha value is -3.86. The quantitative estimate of drug-likeness (QED) is 0.690. The Morgan fingerprint density at radius 1 is 1.27 bits per heavy atom. The van der Waals surface area contributed by atoms with Gasteiger partial charge in [0.15, 0.2) is 6.61 Å². The Morgan fingerprint density at radius 2 is 2.15 bits per heavy atom. The van der Waals surface area contributed by atoms with Gasteiger partial charge in [-0.15, -0.1) is 0 Å². The minimum absolute atomic E-state index is 0.144. The maximum Gasteiger partial charge on any atom is 0.405 e. The first-order chi connectivity index (χ1) is 12.6. The normalized spacial score (nSPS) is 10.0. The molecule has 3 aromatic rings. The van der Waals surface area contributed by atoms with Crippen molar-refractivity contribution in [2.45, 2.75) is 6.54 Å². The van der Waals surface area contributed by atoms with Crippen molar-refractivity contribution in [3.63, 3.8) is 0 Å². The smallest absolute Gasteiger partial charge is 0.405 e. The average molecular weight is 350 g/mol. The van der Waals surface area contributed by atoms with E-state index < -0.39 is 6.09 Å². The molecule has 0 aromatic carbocycles. The third kappa shape index (κ3) is 4.15. The fourth-order valence-corrected chi connectivity index (χ4v) is 2.17. The molecule has 0 saturated carbocycles. The van der Waals surface area contributed by atoms with E-state index in [1.165, 1.54) is 12.5 Å². The number of hydrogen-bond acceptors (Lipinski definition) is 6. The Bertz CT molecular complexity index is 1000. The van der Waals surface area contributed by atoms with Crippen LogP contribution in [0.1, 0.15) is 21.8 Å². The zero-order valence-electron chi connectivity index (χ0n) is 13.6. The highest BCUT2D eigenvalue weighted by Gasteiger charge is 2.10. The van der Waals surface area contributed by atoms with Crippen molar-refractivity contribution in [3.05, 3.63) is 59.9 Å². The molecule has 0 radical (unpaired) electrons. The number of primary amides is 1. The Morgan fingerprint density at radius 3 is 2.92 bits per heavy atom. The van der Waals surface area contributed by atoms with Crippen LogP contribution >= 0.6 is 0 Å². The minimum atomic E-state index is -0.899. The van der Waals surface area contributed by atoms with E-state index in [9.17, 15) is 9.59 Å². The summed E-state index contributed by atoms with van der Waals surface area (Å²) in [6.45, 7) is 0.119. The number of hydrogen-bond donors (Lipinski definition) is 2. The van der Waals surface area contributed by atoms with Crippen LogP contribution in [0.15, 0.2) is 47.3 Å². The van der Waals surface area contributed by atoms with E-state index >= 15 is 0 Å². The molecule has 0 atom stereocenters. The van der Waals surface area contributed by atoms with Gasteiger partial charge in [-0.3, -0.25) is 9.78 Å². The molecular formula is C18H14N4O4. The first kappa shape index (κ1) is 17.0. The molecule has 0 bridgehead atoms. The molecule has 3 N–H and O–H groups in total. The number of furan rings is 1. The second kappa shape index (κ2) is 7.81. The van der Waals surface area contributed by atoms with Crippen LogP contribution in [0.25, 0.3) is 10.9 Å². The highest BCUT2D eigenvalue weighted by molar-refractivity contribution is 5.95. The number of nitrogens with two attached hydrogens (primary N) is 1. The van der Waals surface area contributed by atoms with Gasteiger partial charge >= 0.3 is 6.09 Å². The number of aromatic nitrogens is 2. The van der Waals surface area contributed by atoms with Crippen LogP contribution in [0.3, 0.4) is 0 Å². The Kier molecular flexibility index (Phi) is 5.10. The van der Waals surface area contributed by atoms with Gasteiger partial charge in [0.1, 0.15) is 11.5 Å². The molecule has 0 saturated heterocycles. The van der Waals surface area contributed by atoms with Gasteiger partial charge in [-0.2, -0.15) is 0 Å². The summed E-state index contributed by atoms with van der Waals surface area (Å²) < 4.78 is 9.73. The molecule has 3 aromatic heterocycles. The van der Waals surface area contributed by atoms with Crippen LogP contribution in [0.2, 0.25) is 0 Å². The van der Waals surface area contributed by atoms with Crippen LogP contribution in [0, 0.1) is 11.8 Å². The first-order valence-electron chi connectivity index (χ1n) is 7.60. The molecule has 130 valence electrons. The van der Waals surface area contributed by atoms with E-state index in [4.69, 9.17) is 10.2 Å².